The summed E-state index contributed by atoms with van der Waals surface area (Å²) in [4.78, 5) is 0. The van der Waals surface area contributed by atoms with Crippen molar-refractivity contribution in [3.05, 3.63) is 71.3 Å². The summed E-state index contributed by atoms with van der Waals surface area (Å²) in [7, 11) is 0. The quantitative estimate of drug-likeness (QED) is 0.603. The summed E-state index contributed by atoms with van der Waals surface area (Å²) in [6.45, 7) is 0. The molecular formula is C19H21Cl. The molecule has 0 aliphatic heterocycles. The molecule has 3 rings (SSSR count). The van der Waals surface area contributed by atoms with E-state index in [2.05, 4.69) is 48.5 Å². The number of hydrogen-bond acceptors (Lipinski definition) is 0. The van der Waals surface area contributed by atoms with Crippen LogP contribution in [0.4, 0.5) is 0 Å². The van der Waals surface area contributed by atoms with Crippen molar-refractivity contribution in [2.75, 3.05) is 0 Å². The molecule has 0 N–H and O–H groups in total. The van der Waals surface area contributed by atoms with E-state index in [1.807, 2.05) is 6.07 Å². The van der Waals surface area contributed by atoms with Crippen molar-refractivity contribution in [1.29, 1.82) is 0 Å². The molecule has 0 spiro atoms. The van der Waals surface area contributed by atoms with Crippen LogP contribution in [-0.2, 0) is 6.42 Å². The van der Waals surface area contributed by atoms with Crippen LogP contribution in [0.25, 0.3) is 0 Å². The minimum Gasteiger partial charge on any atom is -0.118 e. The highest BCUT2D eigenvalue weighted by atomic mass is 35.5. The molecule has 2 aromatic rings. The lowest BCUT2D eigenvalue weighted by atomic mass is 9.80. The van der Waals surface area contributed by atoms with Crippen molar-refractivity contribution in [2.24, 2.45) is 0 Å². The van der Waals surface area contributed by atoms with Gasteiger partial charge < -0.3 is 0 Å². The highest BCUT2D eigenvalue weighted by molar-refractivity contribution is 6.20. The molecule has 0 aromatic heterocycles. The van der Waals surface area contributed by atoms with Crippen molar-refractivity contribution >= 4 is 11.6 Å². The molecule has 1 atom stereocenters. The van der Waals surface area contributed by atoms with E-state index in [1.54, 1.807) is 0 Å². The van der Waals surface area contributed by atoms with Crippen LogP contribution >= 0.6 is 11.6 Å². The lowest BCUT2D eigenvalue weighted by molar-refractivity contribution is 0.419. The van der Waals surface area contributed by atoms with Crippen molar-refractivity contribution in [2.45, 2.75) is 43.4 Å². The van der Waals surface area contributed by atoms with Crippen LogP contribution in [0.15, 0.2) is 54.6 Å². The predicted octanol–water partition coefficient (Wildman–Crippen LogP) is 5.87. The van der Waals surface area contributed by atoms with E-state index in [0.717, 1.165) is 18.8 Å². The van der Waals surface area contributed by atoms with Crippen molar-refractivity contribution in [3.8, 4) is 0 Å². The molecule has 0 amide bonds. The molecule has 0 bridgehead atoms. The lowest BCUT2D eigenvalue weighted by Gasteiger charge is -2.25. The number of rotatable bonds is 5. The fourth-order valence-corrected chi connectivity index (χ4v) is 3.07. The smallest absolute Gasteiger partial charge is 0.0588 e. The van der Waals surface area contributed by atoms with Gasteiger partial charge in [0.15, 0.2) is 0 Å². The van der Waals surface area contributed by atoms with Crippen LogP contribution in [0.2, 0.25) is 0 Å². The highest BCUT2D eigenvalue weighted by Gasteiger charge is 2.18. The number of alkyl halides is 1. The largest absolute Gasteiger partial charge is 0.118 e. The van der Waals surface area contributed by atoms with Crippen molar-refractivity contribution < 1.29 is 0 Å². The average molecular weight is 285 g/mol. The first kappa shape index (κ1) is 13.7. The van der Waals surface area contributed by atoms with Crippen LogP contribution < -0.4 is 0 Å². The van der Waals surface area contributed by atoms with E-state index in [0.29, 0.717) is 0 Å². The summed E-state index contributed by atoms with van der Waals surface area (Å²) in [5.74, 6) is 0.828. The second kappa shape index (κ2) is 6.45. The molecule has 1 aliphatic carbocycles. The molecule has 0 radical (unpaired) electrons. The fourth-order valence-electron chi connectivity index (χ4n) is 2.82. The molecular weight excluding hydrogens is 264 g/mol. The zero-order valence-corrected chi connectivity index (χ0v) is 12.5. The maximum atomic E-state index is 6.47. The van der Waals surface area contributed by atoms with Crippen LogP contribution in [0, 0.1) is 0 Å². The summed E-state index contributed by atoms with van der Waals surface area (Å²) in [6, 6.07) is 19.5. The van der Waals surface area contributed by atoms with E-state index in [9.17, 15) is 0 Å². The minimum absolute atomic E-state index is 0.113. The number of aryl methyl sites for hydroxylation is 1. The van der Waals surface area contributed by atoms with E-state index < -0.39 is 0 Å². The Kier molecular flexibility index (Phi) is 4.42. The Labute approximate surface area is 126 Å². The first-order valence-corrected chi connectivity index (χ1v) is 8.04. The normalized spacial score (nSPS) is 16.6. The fraction of sp³-hybridized carbons (Fsp3) is 0.368. The molecule has 0 nitrogen and oxygen atoms in total. The van der Waals surface area contributed by atoms with E-state index in [-0.39, 0.29) is 5.38 Å². The SMILES string of the molecule is ClC(CCc1ccc(C2CCC2)cc1)c1ccccc1. The zero-order chi connectivity index (χ0) is 13.8. The van der Waals surface area contributed by atoms with Gasteiger partial charge in [0.2, 0.25) is 0 Å². The van der Waals surface area contributed by atoms with Crippen molar-refractivity contribution in [3.63, 3.8) is 0 Å². The Hall–Kier alpha value is -1.27. The molecule has 20 heavy (non-hydrogen) atoms. The van der Waals surface area contributed by atoms with Gasteiger partial charge in [0, 0.05) is 0 Å². The second-order valence-electron chi connectivity index (χ2n) is 5.79. The summed E-state index contributed by atoms with van der Waals surface area (Å²) in [6.07, 6.45) is 6.19. The zero-order valence-electron chi connectivity index (χ0n) is 11.8. The lowest BCUT2D eigenvalue weighted by Crippen LogP contribution is -2.08. The number of halogens is 1. The third-order valence-corrected chi connectivity index (χ3v) is 4.87. The van der Waals surface area contributed by atoms with Gasteiger partial charge in [-0.3, -0.25) is 0 Å². The third-order valence-electron chi connectivity index (χ3n) is 4.40. The first-order valence-electron chi connectivity index (χ1n) is 7.61. The Bertz CT molecular complexity index is 525. The van der Waals surface area contributed by atoms with Gasteiger partial charge in [0.25, 0.3) is 0 Å². The Morgan fingerprint density at radius 3 is 2.25 bits per heavy atom. The molecule has 1 fully saturated rings. The Morgan fingerprint density at radius 1 is 0.950 bits per heavy atom. The standard InChI is InChI=1S/C19H21Cl/c20-19(18-5-2-1-3-6-18)14-11-15-9-12-17(13-10-15)16-7-4-8-16/h1-3,5-6,9-10,12-13,16,19H,4,7-8,11,14H2. The van der Waals surface area contributed by atoms with Gasteiger partial charge in [-0.2, -0.15) is 0 Å². The van der Waals surface area contributed by atoms with Gasteiger partial charge in [0.05, 0.1) is 5.38 Å². The summed E-state index contributed by atoms with van der Waals surface area (Å²) in [5.41, 5.74) is 4.14. The summed E-state index contributed by atoms with van der Waals surface area (Å²) < 4.78 is 0. The summed E-state index contributed by atoms with van der Waals surface area (Å²) in [5, 5.41) is 0.113. The monoisotopic (exact) mass is 284 g/mol. The van der Waals surface area contributed by atoms with Crippen LogP contribution in [0.5, 0.6) is 0 Å². The van der Waals surface area contributed by atoms with Crippen LogP contribution in [0.3, 0.4) is 0 Å². The topological polar surface area (TPSA) is 0 Å². The Balaban J connectivity index is 1.55. The van der Waals surface area contributed by atoms with Gasteiger partial charge in [0.1, 0.15) is 0 Å². The molecule has 1 unspecified atom stereocenters. The maximum Gasteiger partial charge on any atom is 0.0588 e. The van der Waals surface area contributed by atoms with E-state index >= 15 is 0 Å². The predicted molar refractivity (Wildman–Crippen MR) is 86.4 cm³/mol. The molecule has 1 aliphatic rings. The van der Waals surface area contributed by atoms with Gasteiger partial charge >= 0.3 is 0 Å². The van der Waals surface area contributed by atoms with Gasteiger partial charge in [-0.1, -0.05) is 61.0 Å². The average Bonchev–Trinajstić information content (AvgIpc) is 2.45. The number of hydrogen-bond donors (Lipinski definition) is 0. The van der Waals surface area contributed by atoms with Crippen LogP contribution in [-0.4, -0.2) is 0 Å². The highest BCUT2D eigenvalue weighted by Crippen LogP contribution is 2.36. The number of benzene rings is 2. The Morgan fingerprint density at radius 2 is 1.65 bits per heavy atom. The van der Waals surface area contributed by atoms with Gasteiger partial charge in [-0.15, -0.1) is 11.6 Å². The molecule has 1 heteroatoms. The molecule has 1 saturated carbocycles. The minimum atomic E-state index is 0.113. The van der Waals surface area contributed by atoms with Gasteiger partial charge in [-0.25, -0.2) is 0 Å². The van der Waals surface area contributed by atoms with Crippen molar-refractivity contribution in [1.82, 2.24) is 0 Å². The van der Waals surface area contributed by atoms with E-state index in [4.69, 9.17) is 11.6 Å². The molecule has 0 saturated heterocycles. The molecule has 2 aromatic carbocycles. The van der Waals surface area contributed by atoms with Gasteiger partial charge in [-0.05, 0) is 48.3 Å². The van der Waals surface area contributed by atoms with E-state index in [1.165, 1.54) is 36.0 Å². The maximum absolute atomic E-state index is 6.47. The molecule has 0 heterocycles. The van der Waals surface area contributed by atoms with Crippen LogP contribution in [0.1, 0.15) is 53.7 Å². The second-order valence-corrected chi connectivity index (χ2v) is 6.31. The summed E-state index contributed by atoms with van der Waals surface area (Å²) >= 11 is 6.47. The third kappa shape index (κ3) is 3.24. The molecule has 104 valence electrons. The first-order chi connectivity index (χ1) is 9.83.